The number of benzene rings is 2. The number of hydrogen-bond acceptors (Lipinski definition) is 5. The van der Waals surface area contributed by atoms with Gasteiger partial charge in [-0.2, -0.15) is 0 Å². The molecule has 166 valence electrons. The van der Waals surface area contributed by atoms with E-state index in [1.807, 2.05) is 36.4 Å². The van der Waals surface area contributed by atoms with E-state index in [1.54, 1.807) is 12.1 Å². The van der Waals surface area contributed by atoms with E-state index in [1.165, 1.54) is 0 Å². The molecule has 2 saturated heterocycles. The van der Waals surface area contributed by atoms with Crippen molar-refractivity contribution < 1.29 is 0 Å². The van der Waals surface area contributed by atoms with E-state index in [4.69, 9.17) is 22.4 Å². The zero-order valence-corrected chi connectivity index (χ0v) is 18.9. The highest BCUT2D eigenvalue weighted by Gasteiger charge is 2.26. The second-order valence-electron chi connectivity index (χ2n) is 8.16. The quantitative estimate of drug-likeness (QED) is 0.418. The van der Waals surface area contributed by atoms with Crippen LogP contribution in [-0.4, -0.2) is 66.7 Å². The van der Waals surface area contributed by atoms with Crippen LogP contribution in [0.2, 0.25) is 5.02 Å². The van der Waals surface area contributed by atoms with Crippen molar-refractivity contribution in [2.45, 2.75) is 6.04 Å². The molecule has 2 aromatic rings. The Balaban J connectivity index is 1.42. The Morgan fingerprint density at radius 1 is 0.938 bits per heavy atom. The van der Waals surface area contributed by atoms with Crippen molar-refractivity contribution in [3.8, 4) is 0 Å². The third kappa shape index (κ3) is 4.71. The molecule has 1 unspecified atom stereocenters. The summed E-state index contributed by atoms with van der Waals surface area (Å²) in [5.74, 6) is 0.457. The second-order valence-corrected chi connectivity index (χ2v) is 8.60. The Bertz CT molecular complexity index is 1030. The summed E-state index contributed by atoms with van der Waals surface area (Å²) < 4.78 is 0. The highest BCUT2D eigenvalue weighted by atomic mass is 35.5. The van der Waals surface area contributed by atoms with E-state index in [0.717, 1.165) is 67.4 Å². The van der Waals surface area contributed by atoms with Gasteiger partial charge in [-0.1, -0.05) is 61.2 Å². The first-order valence-corrected chi connectivity index (χ1v) is 11.2. The van der Waals surface area contributed by atoms with E-state index in [-0.39, 0.29) is 6.04 Å². The molecule has 0 amide bonds. The van der Waals surface area contributed by atoms with E-state index in [0.29, 0.717) is 16.6 Å². The van der Waals surface area contributed by atoms with E-state index >= 15 is 0 Å². The molecule has 1 atom stereocenters. The number of rotatable bonds is 5. The van der Waals surface area contributed by atoms with Crippen molar-refractivity contribution in [3.63, 3.8) is 0 Å². The Morgan fingerprint density at radius 3 is 2.19 bits per heavy atom. The third-order valence-electron chi connectivity index (χ3n) is 6.11. The minimum absolute atomic E-state index is 0.201. The standard InChI is InChI=1S/C25H29ClN6/c1-17-15-30-23(16-29-17)18(2)31-11-13-32(14-12-31)25(28)22-6-4-3-5-21(22)24(27)19-7-9-20(26)10-8-19/h3-10,23,27-30H,1-2,11-16H2. The van der Waals surface area contributed by atoms with Crippen LogP contribution in [0.5, 0.6) is 0 Å². The summed E-state index contributed by atoms with van der Waals surface area (Å²) in [6.07, 6.45) is 0. The predicted molar refractivity (Wildman–Crippen MR) is 132 cm³/mol. The first kappa shape index (κ1) is 22.1. The molecule has 4 rings (SSSR count). The normalized spacial score (nSPS) is 18.8. The van der Waals surface area contributed by atoms with Gasteiger partial charge in [0.05, 0.1) is 11.8 Å². The lowest BCUT2D eigenvalue weighted by Crippen LogP contribution is -2.54. The van der Waals surface area contributed by atoms with Crippen molar-refractivity contribution in [2.24, 2.45) is 0 Å². The van der Waals surface area contributed by atoms with Crippen molar-refractivity contribution in [1.82, 2.24) is 20.4 Å². The van der Waals surface area contributed by atoms with Crippen molar-refractivity contribution in [3.05, 3.63) is 94.8 Å². The summed E-state index contributed by atoms with van der Waals surface area (Å²) in [5.41, 5.74) is 4.80. The number of nitrogens with zero attached hydrogens (tertiary/aromatic N) is 2. The van der Waals surface area contributed by atoms with Gasteiger partial charge in [-0.3, -0.25) is 10.8 Å². The first-order valence-electron chi connectivity index (χ1n) is 10.8. The molecular weight excluding hydrogens is 420 g/mol. The molecule has 2 aliphatic heterocycles. The van der Waals surface area contributed by atoms with Crippen LogP contribution < -0.4 is 10.6 Å². The molecule has 2 aliphatic rings. The minimum atomic E-state index is 0.201. The molecule has 0 aliphatic carbocycles. The summed E-state index contributed by atoms with van der Waals surface area (Å²) in [5, 5.41) is 25.0. The van der Waals surface area contributed by atoms with E-state index < -0.39 is 0 Å². The van der Waals surface area contributed by atoms with E-state index in [9.17, 15) is 0 Å². The maximum atomic E-state index is 8.88. The molecule has 4 N–H and O–H groups in total. The van der Waals surface area contributed by atoms with Crippen molar-refractivity contribution in [1.29, 1.82) is 10.8 Å². The predicted octanol–water partition coefficient (Wildman–Crippen LogP) is 3.29. The number of amidine groups is 1. The topological polar surface area (TPSA) is 78.2 Å². The number of piperazine rings is 2. The molecule has 0 saturated carbocycles. The Kier molecular flexibility index (Phi) is 6.63. The van der Waals surface area contributed by atoms with Crippen LogP contribution in [0.15, 0.2) is 73.1 Å². The molecule has 0 radical (unpaired) electrons. The summed E-state index contributed by atoms with van der Waals surface area (Å²) in [7, 11) is 0. The Morgan fingerprint density at radius 2 is 1.56 bits per heavy atom. The molecule has 0 aromatic heterocycles. The van der Waals surface area contributed by atoms with Gasteiger partial charge >= 0.3 is 0 Å². The lowest BCUT2D eigenvalue weighted by atomic mass is 9.96. The van der Waals surface area contributed by atoms with Gasteiger partial charge in [-0.15, -0.1) is 0 Å². The molecule has 2 aromatic carbocycles. The molecule has 2 fully saturated rings. The smallest absolute Gasteiger partial charge is 0.128 e. The number of hydrogen-bond donors (Lipinski definition) is 4. The summed E-state index contributed by atoms with van der Waals surface area (Å²) in [6.45, 7) is 12.9. The minimum Gasteiger partial charge on any atom is -0.386 e. The van der Waals surface area contributed by atoms with Crippen LogP contribution in [-0.2, 0) is 0 Å². The highest BCUT2D eigenvalue weighted by molar-refractivity contribution is 6.30. The molecule has 6 nitrogen and oxygen atoms in total. The lowest BCUT2D eigenvalue weighted by molar-refractivity contribution is 0.206. The summed E-state index contributed by atoms with van der Waals surface area (Å²) in [6, 6.07) is 15.2. The molecule has 7 heteroatoms. The monoisotopic (exact) mass is 448 g/mol. The van der Waals surface area contributed by atoms with Gasteiger partial charge in [0.15, 0.2) is 0 Å². The van der Waals surface area contributed by atoms with Gasteiger partial charge < -0.3 is 20.4 Å². The Labute approximate surface area is 194 Å². The van der Waals surface area contributed by atoms with Crippen molar-refractivity contribution in [2.75, 3.05) is 39.3 Å². The summed E-state index contributed by atoms with van der Waals surface area (Å²) in [4.78, 5) is 4.39. The van der Waals surface area contributed by atoms with E-state index in [2.05, 4.69) is 33.6 Å². The maximum absolute atomic E-state index is 8.88. The van der Waals surface area contributed by atoms with Gasteiger partial charge in [-0.05, 0) is 12.1 Å². The van der Waals surface area contributed by atoms with Crippen LogP contribution >= 0.6 is 11.6 Å². The highest BCUT2D eigenvalue weighted by Crippen LogP contribution is 2.20. The van der Waals surface area contributed by atoms with Crippen LogP contribution in [0.4, 0.5) is 0 Å². The van der Waals surface area contributed by atoms with Crippen LogP contribution in [0.25, 0.3) is 0 Å². The zero-order valence-electron chi connectivity index (χ0n) is 18.1. The fourth-order valence-electron chi connectivity index (χ4n) is 4.15. The van der Waals surface area contributed by atoms with Gasteiger partial charge in [0.2, 0.25) is 0 Å². The molecular formula is C25H29ClN6. The lowest BCUT2D eigenvalue weighted by Gasteiger charge is -2.41. The van der Waals surface area contributed by atoms with Crippen LogP contribution in [0.3, 0.4) is 0 Å². The second kappa shape index (κ2) is 9.59. The molecule has 2 heterocycles. The summed E-state index contributed by atoms with van der Waals surface area (Å²) >= 11 is 6.00. The van der Waals surface area contributed by atoms with Gasteiger partial charge in [0.1, 0.15) is 5.84 Å². The maximum Gasteiger partial charge on any atom is 0.128 e. The zero-order chi connectivity index (χ0) is 22.7. The first-order chi connectivity index (χ1) is 15.4. The van der Waals surface area contributed by atoms with Crippen LogP contribution in [0, 0.1) is 10.8 Å². The van der Waals surface area contributed by atoms with Gasteiger partial charge in [-0.25, -0.2) is 0 Å². The van der Waals surface area contributed by atoms with Gasteiger partial charge in [0.25, 0.3) is 0 Å². The number of halogens is 1. The average molecular weight is 449 g/mol. The van der Waals surface area contributed by atoms with Crippen LogP contribution in [0.1, 0.15) is 16.7 Å². The fourth-order valence-corrected chi connectivity index (χ4v) is 4.28. The SMILES string of the molecule is C=C1CNC(C(=C)N2CCN(C(=N)c3ccccc3C(=N)c3ccc(Cl)cc3)CC2)CN1. The molecule has 32 heavy (non-hydrogen) atoms. The largest absolute Gasteiger partial charge is 0.386 e. The third-order valence-corrected chi connectivity index (χ3v) is 6.36. The molecule has 0 spiro atoms. The Hall–Kier alpha value is -3.09. The average Bonchev–Trinajstić information content (AvgIpc) is 2.84. The fraction of sp³-hybridized carbons (Fsp3) is 0.280. The van der Waals surface area contributed by atoms with Crippen molar-refractivity contribution >= 4 is 23.1 Å². The number of nitrogens with one attached hydrogen (secondary N) is 4. The molecule has 0 bridgehead atoms. The van der Waals surface area contributed by atoms with Gasteiger partial charge in [0, 0.05) is 72.4 Å².